The standard InChI is InChI=1S/C11H14BrNO3S/c1-9(14)3-2-8-13-17(15,16)11-6-4-10(12)5-7-11/h4-7,13H,2-3,8H2,1H3. The van der Waals surface area contributed by atoms with Crippen LogP contribution in [0.5, 0.6) is 0 Å². The van der Waals surface area contributed by atoms with Crippen LogP contribution in [0.15, 0.2) is 33.6 Å². The Morgan fingerprint density at radius 3 is 2.41 bits per heavy atom. The molecule has 0 heterocycles. The van der Waals surface area contributed by atoms with Crippen LogP contribution in [0.4, 0.5) is 0 Å². The van der Waals surface area contributed by atoms with E-state index in [1.165, 1.54) is 19.1 Å². The summed E-state index contributed by atoms with van der Waals surface area (Å²) in [5.41, 5.74) is 0. The molecule has 0 saturated heterocycles. The number of carbonyl (C=O) groups is 1. The van der Waals surface area contributed by atoms with Crippen molar-refractivity contribution in [2.75, 3.05) is 6.54 Å². The molecule has 0 fully saturated rings. The van der Waals surface area contributed by atoms with Gasteiger partial charge in [0.15, 0.2) is 0 Å². The minimum atomic E-state index is -3.46. The van der Waals surface area contributed by atoms with Gasteiger partial charge in [-0.05, 0) is 37.6 Å². The fraction of sp³-hybridized carbons (Fsp3) is 0.364. The lowest BCUT2D eigenvalue weighted by Gasteiger charge is -2.06. The van der Waals surface area contributed by atoms with Crippen LogP contribution in [0.25, 0.3) is 0 Å². The van der Waals surface area contributed by atoms with Gasteiger partial charge in [-0.15, -0.1) is 0 Å². The van der Waals surface area contributed by atoms with Crippen LogP contribution in [-0.2, 0) is 14.8 Å². The number of rotatable bonds is 6. The minimum absolute atomic E-state index is 0.0628. The molecule has 0 bridgehead atoms. The van der Waals surface area contributed by atoms with Gasteiger partial charge in [-0.25, -0.2) is 13.1 Å². The summed E-state index contributed by atoms with van der Waals surface area (Å²) in [6.45, 7) is 1.77. The van der Waals surface area contributed by atoms with Crippen molar-refractivity contribution in [3.63, 3.8) is 0 Å². The van der Waals surface area contributed by atoms with Crippen molar-refractivity contribution >= 4 is 31.7 Å². The maximum atomic E-state index is 11.8. The summed E-state index contributed by atoms with van der Waals surface area (Å²) >= 11 is 3.24. The molecule has 0 atom stereocenters. The zero-order chi connectivity index (χ0) is 12.9. The molecule has 4 nitrogen and oxygen atoms in total. The summed E-state index contributed by atoms with van der Waals surface area (Å²) < 4.78 is 26.8. The average Bonchev–Trinajstić information content (AvgIpc) is 2.25. The van der Waals surface area contributed by atoms with Crippen LogP contribution in [-0.4, -0.2) is 20.7 Å². The van der Waals surface area contributed by atoms with E-state index in [1.807, 2.05) is 0 Å². The summed E-state index contributed by atoms with van der Waals surface area (Å²) in [6.07, 6.45) is 0.911. The first-order chi connectivity index (χ1) is 7.92. The quantitative estimate of drug-likeness (QED) is 0.817. The first-order valence-corrected chi connectivity index (χ1v) is 7.44. The lowest BCUT2D eigenvalue weighted by molar-refractivity contribution is -0.117. The summed E-state index contributed by atoms with van der Waals surface area (Å²) in [7, 11) is -3.46. The number of carbonyl (C=O) groups excluding carboxylic acids is 1. The minimum Gasteiger partial charge on any atom is -0.300 e. The number of Topliss-reactive ketones (excluding diaryl/α,β-unsaturated/α-hetero) is 1. The zero-order valence-corrected chi connectivity index (χ0v) is 11.8. The van der Waals surface area contributed by atoms with E-state index in [9.17, 15) is 13.2 Å². The number of ketones is 1. The molecule has 1 N–H and O–H groups in total. The van der Waals surface area contributed by atoms with Crippen LogP contribution >= 0.6 is 15.9 Å². The maximum Gasteiger partial charge on any atom is 0.240 e. The number of benzene rings is 1. The molecule has 0 saturated carbocycles. The van der Waals surface area contributed by atoms with Crippen LogP contribution < -0.4 is 4.72 Å². The number of hydrogen-bond donors (Lipinski definition) is 1. The highest BCUT2D eigenvalue weighted by Crippen LogP contribution is 2.14. The lowest BCUT2D eigenvalue weighted by atomic mass is 10.2. The molecular weight excluding hydrogens is 306 g/mol. The third-order valence-electron chi connectivity index (χ3n) is 2.12. The van der Waals surface area contributed by atoms with E-state index in [0.717, 1.165) is 4.47 Å². The predicted octanol–water partition coefficient (Wildman–Crippen LogP) is 2.10. The zero-order valence-electron chi connectivity index (χ0n) is 9.44. The molecule has 0 aliphatic carbocycles. The van der Waals surface area contributed by atoms with E-state index in [4.69, 9.17) is 0 Å². The van der Waals surface area contributed by atoms with Crippen LogP contribution in [0, 0.1) is 0 Å². The van der Waals surface area contributed by atoms with Crippen LogP contribution in [0.2, 0.25) is 0 Å². The molecule has 1 rings (SSSR count). The Labute approximate surface area is 110 Å². The van der Waals surface area contributed by atoms with Crippen molar-refractivity contribution in [2.24, 2.45) is 0 Å². The largest absolute Gasteiger partial charge is 0.300 e. The lowest BCUT2D eigenvalue weighted by Crippen LogP contribution is -2.25. The van der Waals surface area contributed by atoms with Gasteiger partial charge >= 0.3 is 0 Å². The van der Waals surface area contributed by atoms with Crippen molar-refractivity contribution in [1.82, 2.24) is 4.72 Å². The molecule has 0 aromatic heterocycles. The van der Waals surface area contributed by atoms with E-state index in [1.54, 1.807) is 12.1 Å². The Hall–Kier alpha value is -0.720. The predicted molar refractivity (Wildman–Crippen MR) is 69.2 cm³/mol. The molecule has 1 aromatic rings. The van der Waals surface area contributed by atoms with Crippen molar-refractivity contribution in [2.45, 2.75) is 24.7 Å². The van der Waals surface area contributed by atoms with E-state index in [0.29, 0.717) is 12.8 Å². The Bertz CT molecular complexity index is 482. The van der Waals surface area contributed by atoms with Crippen LogP contribution in [0.1, 0.15) is 19.8 Å². The Balaban J connectivity index is 2.57. The van der Waals surface area contributed by atoms with Gasteiger partial charge in [0.25, 0.3) is 0 Å². The molecule has 0 radical (unpaired) electrons. The molecule has 17 heavy (non-hydrogen) atoms. The SMILES string of the molecule is CC(=O)CCCNS(=O)(=O)c1ccc(Br)cc1. The smallest absolute Gasteiger partial charge is 0.240 e. The second-order valence-corrected chi connectivity index (χ2v) is 6.34. The third kappa shape index (κ3) is 4.97. The first kappa shape index (κ1) is 14.3. The molecule has 0 aliphatic heterocycles. The maximum absolute atomic E-state index is 11.8. The van der Waals surface area contributed by atoms with E-state index in [-0.39, 0.29) is 17.2 Å². The fourth-order valence-corrected chi connectivity index (χ4v) is 2.58. The Morgan fingerprint density at radius 1 is 1.29 bits per heavy atom. The number of halogens is 1. The van der Waals surface area contributed by atoms with Gasteiger partial charge < -0.3 is 4.79 Å². The summed E-state index contributed by atoms with van der Waals surface area (Å²) in [4.78, 5) is 10.9. The van der Waals surface area contributed by atoms with E-state index in [2.05, 4.69) is 20.7 Å². The van der Waals surface area contributed by atoms with Gasteiger partial charge in [-0.3, -0.25) is 0 Å². The number of sulfonamides is 1. The van der Waals surface area contributed by atoms with Gasteiger partial charge in [0.05, 0.1) is 4.90 Å². The van der Waals surface area contributed by atoms with Crippen molar-refractivity contribution in [1.29, 1.82) is 0 Å². The molecule has 0 spiro atoms. The number of hydrogen-bond acceptors (Lipinski definition) is 3. The molecule has 94 valence electrons. The van der Waals surface area contributed by atoms with Gasteiger partial charge in [-0.2, -0.15) is 0 Å². The second-order valence-electron chi connectivity index (χ2n) is 3.66. The van der Waals surface area contributed by atoms with Gasteiger partial charge in [0.1, 0.15) is 5.78 Å². The summed E-state index contributed by atoms with van der Waals surface area (Å²) in [5.74, 6) is 0.0628. The normalized spacial score (nSPS) is 11.4. The molecule has 0 unspecified atom stereocenters. The fourth-order valence-electron chi connectivity index (χ4n) is 1.24. The monoisotopic (exact) mass is 319 g/mol. The summed E-state index contributed by atoms with van der Waals surface area (Å²) in [6, 6.07) is 6.39. The third-order valence-corrected chi connectivity index (χ3v) is 4.13. The second kappa shape index (κ2) is 6.28. The molecule has 0 aliphatic rings. The topological polar surface area (TPSA) is 63.2 Å². The van der Waals surface area contributed by atoms with Crippen LogP contribution in [0.3, 0.4) is 0 Å². The molecule has 0 amide bonds. The average molecular weight is 320 g/mol. The van der Waals surface area contributed by atoms with Gasteiger partial charge in [0.2, 0.25) is 10.0 Å². The number of nitrogens with one attached hydrogen (secondary N) is 1. The van der Waals surface area contributed by atoms with E-state index >= 15 is 0 Å². The first-order valence-electron chi connectivity index (χ1n) is 5.16. The van der Waals surface area contributed by atoms with Gasteiger partial charge in [0, 0.05) is 17.4 Å². The van der Waals surface area contributed by atoms with Gasteiger partial charge in [-0.1, -0.05) is 15.9 Å². The van der Waals surface area contributed by atoms with E-state index < -0.39 is 10.0 Å². The van der Waals surface area contributed by atoms with Crippen molar-refractivity contribution < 1.29 is 13.2 Å². The highest BCUT2D eigenvalue weighted by atomic mass is 79.9. The summed E-state index contributed by atoms with van der Waals surface area (Å²) in [5, 5.41) is 0. The molecule has 6 heteroatoms. The van der Waals surface area contributed by atoms with Crippen molar-refractivity contribution in [3.8, 4) is 0 Å². The highest BCUT2D eigenvalue weighted by Gasteiger charge is 2.12. The highest BCUT2D eigenvalue weighted by molar-refractivity contribution is 9.10. The molecular formula is C11H14BrNO3S. The Kier molecular flexibility index (Phi) is 5.30. The Morgan fingerprint density at radius 2 is 1.88 bits per heavy atom. The molecule has 1 aromatic carbocycles. The van der Waals surface area contributed by atoms with Crippen molar-refractivity contribution in [3.05, 3.63) is 28.7 Å².